The summed E-state index contributed by atoms with van der Waals surface area (Å²) in [4.78, 5) is 4.07. The van der Waals surface area contributed by atoms with Gasteiger partial charge in [-0.2, -0.15) is 0 Å². The lowest BCUT2D eigenvalue weighted by Gasteiger charge is -2.13. The van der Waals surface area contributed by atoms with E-state index in [1.807, 2.05) is 24.3 Å². The van der Waals surface area contributed by atoms with E-state index in [0.717, 1.165) is 16.6 Å². The molecule has 0 atom stereocenters. The number of hydrogen-bond donors (Lipinski definition) is 1. The lowest BCUT2D eigenvalue weighted by molar-refractivity contribution is 0.471. The molecule has 0 radical (unpaired) electrons. The Hall–Kier alpha value is -1.10. The number of ether oxygens (including phenoxy) is 1. The number of halogens is 2. The normalized spacial score (nSPS) is 10.5. The van der Waals surface area contributed by atoms with E-state index in [4.69, 9.17) is 16.3 Å². The highest BCUT2D eigenvalue weighted by Gasteiger charge is 2.09. The van der Waals surface area contributed by atoms with Crippen LogP contribution in [0.4, 0.5) is 0 Å². The van der Waals surface area contributed by atoms with Crippen molar-refractivity contribution in [1.29, 1.82) is 0 Å². The fourth-order valence-electron chi connectivity index (χ4n) is 1.63. The molecule has 100 valence electrons. The van der Waals surface area contributed by atoms with Crippen molar-refractivity contribution in [3.05, 3.63) is 51.7 Å². The van der Waals surface area contributed by atoms with Crippen LogP contribution in [-0.2, 0) is 6.54 Å². The van der Waals surface area contributed by atoms with Crippen LogP contribution in [0, 0.1) is 0 Å². The van der Waals surface area contributed by atoms with Crippen LogP contribution < -0.4 is 10.1 Å². The minimum atomic E-state index is 0.593. The molecular weight excluding hydrogens is 328 g/mol. The minimum absolute atomic E-state index is 0.593. The molecule has 0 amide bonds. The molecule has 5 heteroatoms. The summed E-state index contributed by atoms with van der Waals surface area (Å²) in [6.45, 7) is 3.67. The number of pyridine rings is 1. The van der Waals surface area contributed by atoms with E-state index in [-0.39, 0.29) is 0 Å². The first-order valence-electron chi connectivity index (χ1n) is 5.97. The molecule has 2 rings (SSSR count). The van der Waals surface area contributed by atoms with Crippen LogP contribution in [0.1, 0.15) is 12.5 Å². The van der Waals surface area contributed by atoms with Gasteiger partial charge in [-0.1, -0.05) is 30.7 Å². The van der Waals surface area contributed by atoms with Crippen LogP contribution in [0.15, 0.2) is 41.1 Å². The van der Waals surface area contributed by atoms with Crippen LogP contribution in [-0.4, -0.2) is 11.5 Å². The van der Waals surface area contributed by atoms with Crippen LogP contribution in [0.2, 0.25) is 5.02 Å². The lowest BCUT2D eigenvalue weighted by atomic mass is 10.2. The maximum absolute atomic E-state index is 6.21. The summed E-state index contributed by atoms with van der Waals surface area (Å²) >= 11 is 9.58. The third-order valence-corrected chi connectivity index (χ3v) is 3.24. The van der Waals surface area contributed by atoms with Crippen molar-refractivity contribution in [2.24, 2.45) is 0 Å². The Balaban J connectivity index is 2.27. The molecular formula is C14H14BrClN2O. The van der Waals surface area contributed by atoms with Gasteiger partial charge in [-0.25, -0.2) is 0 Å². The topological polar surface area (TPSA) is 34.1 Å². The van der Waals surface area contributed by atoms with Gasteiger partial charge in [-0.3, -0.25) is 4.98 Å². The predicted molar refractivity (Wildman–Crippen MR) is 80.8 cm³/mol. The molecule has 0 fully saturated rings. The SMILES string of the molecule is CCNCc1cccc(Cl)c1Oc1cncc(Br)c1. The number of nitrogens with zero attached hydrogens (tertiary/aromatic N) is 1. The van der Waals surface area contributed by atoms with Gasteiger partial charge in [0.25, 0.3) is 0 Å². The number of aromatic nitrogens is 1. The van der Waals surface area contributed by atoms with Gasteiger partial charge in [0.1, 0.15) is 5.75 Å². The molecule has 0 aliphatic heterocycles. The van der Waals surface area contributed by atoms with Crippen molar-refractivity contribution in [3.63, 3.8) is 0 Å². The Morgan fingerprint density at radius 2 is 2.21 bits per heavy atom. The second-order valence-corrected chi connectivity index (χ2v) is 5.27. The number of nitrogens with one attached hydrogen (secondary N) is 1. The van der Waals surface area contributed by atoms with E-state index in [1.54, 1.807) is 12.4 Å². The highest BCUT2D eigenvalue weighted by molar-refractivity contribution is 9.10. The molecule has 0 bridgehead atoms. The summed E-state index contributed by atoms with van der Waals surface area (Å²) in [7, 11) is 0. The Bertz CT molecular complexity index is 563. The lowest BCUT2D eigenvalue weighted by Crippen LogP contribution is -2.12. The summed E-state index contributed by atoms with van der Waals surface area (Å²) in [5, 5.41) is 3.86. The first-order chi connectivity index (χ1) is 9.20. The molecule has 0 aliphatic carbocycles. The van der Waals surface area contributed by atoms with E-state index < -0.39 is 0 Å². The molecule has 0 saturated heterocycles. The van der Waals surface area contributed by atoms with Gasteiger partial charge < -0.3 is 10.1 Å². The highest BCUT2D eigenvalue weighted by Crippen LogP contribution is 2.33. The molecule has 2 aromatic rings. The Kier molecular flexibility index (Phi) is 5.19. The van der Waals surface area contributed by atoms with E-state index in [1.165, 1.54) is 0 Å². The summed E-state index contributed by atoms with van der Waals surface area (Å²) in [5.74, 6) is 1.32. The Morgan fingerprint density at radius 1 is 1.37 bits per heavy atom. The van der Waals surface area contributed by atoms with Gasteiger partial charge in [0.15, 0.2) is 5.75 Å². The molecule has 3 nitrogen and oxygen atoms in total. The van der Waals surface area contributed by atoms with E-state index in [9.17, 15) is 0 Å². The van der Waals surface area contributed by atoms with Gasteiger partial charge in [0, 0.05) is 22.8 Å². The third kappa shape index (κ3) is 3.93. The van der Waals surface area contributed by atoms with Gasteiger partial charge >= 0.3 is 0 Å². The molecule has 1 N–H and O–H groups in total. The summed E-state index contributed by atoms with van der Waals surface area (Å²) < 4.78 is 6.72. The molecule has 1 heterocycles. The van der Waals surface area contributed by atoms with Crippen LogP contribution in [0.25, 0.3) is 0 Å². The van der Waals surface area contributed by atoms with E-state index >= 15 is 0 Å². The Morgan fingerprint density at radius 3 is 2.95 bits per heavy atom. The molecule has 19 heavy (non-hydrogen) atoms. The van der Waals surface area contributed by atoms with Gasteiger partial charge in [-0.05, 0) is 34.6 Å². The molecule has 0 aliphatic rings. The van der Waals surface area contributed by atoms with Crippen molar-refractivity contribution in [2.45, 2.75) is 13.5 Å². The van der Waals surface area contributed by atoms with Crippen molar-refractivity contribution in [3.8, 4) is 11.5 Å². The zero-order valence-electron chi connectivity index (χ0n) is 10.5. The number of benzene rings is 1. The van der Waals surface area contributed by atoms with Crippen molar-refractivity contribution in [2.75, 3.05) is 6.54 Å². The molecule has 0 spiro atoms. The fraction of sp³-hybridized carbons (Fsp3) is 0.214. The standard InChI is InChI=1S/C14H14BrClN2O/c1-2-17-7-10-4-3-5-13(16)14(10)19-12-6-11(15)8-18-9-12/h3-6,8-9,17H,2,7H2,1H3. The quantitative estimate of drug-likeness (QED) is 0.875. The average Bonchev–Trinajstić information content (AvgIpc) is 2.39. The average molecular weight is 342 g/mol. The molecule has 1 aromatic carbocycles. The molecule has 1 aromatic heterocycles. The first kappa shape index (κ1) is 14.3. The van der Waals surface area contributed by atoms with Gasteiger partial charge in [0.05, 0.1) is 11.2 Å². The maximum Gasteiger partial charge on any atom is 0.150 e. The number of para-hydroxylation sites is 1. The van der Waals surface area contributed by atoms with E-state index in [0.29, 0.717) is 23.1 Å². The zero-order chi connectivity index (χ0) is 13.7. The van der Waals surface area contributed by atoms with Crippen molar-refractivity contribution >= 4 is 27.5 Å². The van der Waals surface area contributed by atoms with Crippen molar-refractivity contribution < 1.29 is 4.74 Å². The minimum Gasteiger partial charge on any atom is -0.454 e. The molecule has 0 unspecified atom stereocenters. The maximum atomic E-state index is 6.21. The second-order valence-electron chi connectivity index (χ2n) is 3.95. The number of rotatable bonds is 5. The highest BCUT2D eigenvalue weighted by atomic mass is 79.9. The largest absolute Gasteiger partial charge is 0.454 e. The van der Waals surface area contributed by atoms with Crippen molar-refractivity contribution in [1.82, 2.24) is 10.3 Å². The third-order valence-electron chi connectivity index (χ3n) is 2.51. The van der Waals surface area contributed by atoms with Crippen LogP contribution >= 0.6 is 27.5 Å². The summed E-state index contributed by atoms with van der Waals surface area (Å²) in [6.07, 6.45) is 3.37. The number of hydrogen-bond acceptors (Lipinski definition) is 3. The Labute approximate surface area is 126 Å². The van der Waals surface area contributed by atoms with Gasteiger partial charge in [-0.15, -0.1) is 0 Å². The zero-order valence-corrected chi connectivity index (χ0v) is 12.8. The van der Waals surface area contributed by atoms with Gasteiger partial charge in [0.2, 0.25) is 0 Å². The first-order valence-corrected chi connectivity index (χ1v) is 7.14. The van der Waals surface area contributed by atoms with Crippen LogP contribution in [0.5, 0.6) is 11.5 Å². The van der Waals surface area contributed by atoms with E-state index in [2.05, 4.69) is 33.2 Å². The van der Waals surface area contributed by atoms with Crippen LogP contribution in [0.3, 0.4) is 0 Å². The summed E-state index contributed by atoms with van der Waals surface area (Å²) in [6, 6.07) is 7.58. The predicted octanol–water partition coefficient (Wildman–Crippen LogP) is 4.40. The monoisotopic (exact) mass is 340 g/mol. The molecule has 0 saturated carbocycles. The second kappa shape index (κ2) is 6.89. The smallest absolute Gasteiger partial charge is 0.150 e. The fourth-order valence-corrected chi connectivity index (χ4v) is 2.21. The summed E-state index contributed by atoms with van der Waals surface area (Å²) in [5.41, 5.74) is 1.02.